The minimum atomic E-state index is 0.354. The number of likely N-dealkylation sites (N-methyl/N-ethyl adjacent to an activating group) is 1. The Kier molecular flexibility index (Phi) is 5.47. The van der Waals surface area contributed by atoms with Crippen LogP contribution in [-0.2, 0) is 5.41 Å². The highest BCUT2D eigenvalue weighted by Gasteiger charge is 2.34. The third-order valence-corrected chi connectivity index (χ3v) is 4.32. The Balaban J connectivity index is 2.06. The molecule has 0 aliphatic heterocycles. The van der Waals surface area contributed by atoms with Crippen molar-refractivity contribution in [3.05, 3.63) is 29.8 Å². The van der Waals surface area contributed by atoms with E-state index >= 15 is 0 Å². The van der Waals surface area contributed by atoms with Gasteiger partial charge in [-0.15, -0.1) is 0 Å². The number of ether oxygens (including phenoxy) is 1. The van der Waals surface area contributed by atoms with Crippen LogP contribution in [0, 0.1) is 5.92 Å². The van der Waals surface area contributed by atoms with Crippen LogP contribution in [0.25, 0.3) is 0 Å². The Labute approximate surface area is 123 Å². The molecule has 0 spiro atoms. The molecule has 112 valence electrons. The summed E-state index contributed by atoms with van der Waals surface area (Å²) in [5.41, 5.74) is 1.83. The number of hydrogen-bond donors (Lipinski definition) is 1. The van der Waals surface area contributed by atoms with E-state index in [2.05, 4.69) is 50.4 Å². The molecule has 0 unspecified atom stereocenters. The maximum atomic E-state index is 5.78. The second kappa shape index (κ2) is 7.12. The minimum Gasteiger partial charge on any atom is -0.493 e. The third-order valence-electron chi connectivity index (χ3n) is 4.32. The summed E-state index contributed by atoms with van der Waals surface area (Å²) in [4.78, 5) is 0. The number of rotatable bonds is 7. The van der Waals surface area contributed by atoms with E-state index in [4.69, 9.17) is 4.74 Å². The Bertz CT molecular complexity index is 390. The van der Waals surface area contributed by atoms with E-state index in [9.17, 15) is 0 Å². The average molecular weight is 275 g/mol. The summed E-state index contributed by atoms with van der Waals surface area (Å²) in [6, 6.07) is 8.84. The predicted molar refractivity (Wildman–Crippen MR) is 85.5 cm³/mol. The standard InChI is InChI=1S/C18H29NO/c1-4-19-14-18(11-5-6-12-18)16-7-9-17(10-8-16)20-13-15(2)3/h7-10,15,19H,4-6,11-14H2,1-3H3. The van der Waals surface area contributed by atoms with E-state index in [0.717, 1.165) is 25.4 Å². The first-order valence-electron chi connectivity index (χ1n) is 8.10. The van der Waals surface area contributed by atoms with Crippen molar-refractivity contribution in [1.82, 2.24) is 5.32 Å². The molecule has 0 amide bonds. The van der Waals surface area contributed by atoms with Gasteiger partial charge in [0.1, 0.15) is 5.75 Å². The summed E-state index contributed by atoms with van der Waals surface area (Å²) in [6.07, 6.45) is 5.34. The molecule has 0 bridgehead atoms. The van der Waals surface area contributed by atoms with Crippen LogP contribution in [0.4, 0.5) is 0 Å². The van der Waals surface area contributed by atoms with Crippen molar-refractivity contribution in [2.75, 3.05) is 19.7 Å². The van der Waals surface area contributed by atoms with Gasteiger partial charge in [0.2, 0.25) is 0 Å². The van der Waals surface area contributed by atoms with Crippen molar-refractivity contribution in [2.45, 2.75) is 51.9 Å². The molecule has 0 radical (unpaired) electrons. The molecule has 1 N–H and O–H groups in total. The smallest absolute Gasteiger partial charge is 0.119 e. The van der Waals surface area contributed by atoms with Crippen molar-refractivity contribution < 1.29 is 4.74 Å². The molecule has 0 aromatic heterocycles. The van der Waals surface area contributed by atoms with Crippen molar-refractivity contribution in [3.8, 4) is 5.75 Å². The fraction of sp³-hybridized carbons (Fsp3) is 0.667. The normalized spacial score (nSPS) is 17.6. The molecule has 1 aliphatic carbocycles. The SMILES string of the molecule is CCNCC1(c2ccc(OCC(C)C)cc2)CCCC1. The van der Waals surface area contributed by atoms with Crippen LogP contribution >= 0.6 is 0 Å². The van der Waals surface area contributed by atoms with Crippen LogP contribution in [-0.4, -0.2) is 19.7 Å². The largest absolute Gasteiger partial charge is 0.493 e. The molecule has 0 saturated heterocycles. The Morgan fingerprint density at radius 1 is 1.15 bits per heavy atom. The minimum absolute atomic E-state index is 0.354. The van der Waals surface area contributed by atoms with Gasteiger partial charge in [-0.1, -0.05) is 45.7 Å². The fourth-order valence-electron chi connectivity index (χ4n) is 3.15. The van der Waals surface area contributed by atoms with E-state index in [1.165, 1.54) is 31.2 Å². The molecule has 20 heavy (non-hydrogen) atoms. The van der Waals surface area contributed by atoms with Gasteiger partial charge in [0.15, 0.2) is 0 Å². The molecule has 1 aromatic carbocycles. The zero-order valence-electron chi connectivity index (χ0n) is 13.2. The zero-order valence-corrected chi connectivity index (χ0v) is 13.2. The van der Waals surface area contributed by atoms with E-state index < -0.39 is 0 Å². The molecule has 2 heteroatoms. The summed E-state index contributed by atoms with van der Waals surface area (Å²) >= 11 is 0. The van der Waals surface area contributed by atoms with Crippen LogP contribution in [0.15, 0.2) is 24.3 Å². The molecule has 2 rings (SSSR count). The van der Waals surface area contributed by atoms with Crippen LogP contribution in [0.1, 0.15) is 52.0 Å². The van der Waals surface area contributed by atoms with Crippen molar-refractivity contribution in [3.63, 3.8) is 0 Å². The van der Waals surface area contributed by atoms with Crippen LogP contribution < -0.4 is 10.1 Å². The molecule has 2 nitrogen and oxygen atoms in total. The van der Waals surface area contributed by atoms with E-state index in [1.54, 1.807) is 0 Å². The van der Waals surface area contributed by atoms with Gasteiger partial charge in [0, 0.05) is 12.0 Å². The van der Waals surface area contributed by atoms with Gasteiger partial charge in [-0.25, -0.2) is 0 Å². The Hall–Kier alpha value is -1.02. The Morgan fingerprint density at radius 3 is 2.35 bits per heavy atom. The van der Waals surface area contributed by atoms with Crippen molar-refractivity contribution in [2.24, 2.45) is 5.92 Å². The summed E-state index contributed by atoms with van der Waals surface area (Å²) in [6.45, 7) is 9.50. The maximum Gasteiger partial charge on any atom is 0.119 e. The summed E-state index contributed by atoms with van der Waals surface area (Å²) in [7, 11) is 0. The monoisotopic (exact) mass is 275 g/mol. The average Bonchev–Trinajstić information content (AvgIpc) is 2.93. The highest BCUT2D eigenvalue weighted by Crippen LogP contribution is 2.41. The van der Waals surface area contributed by atoms with Gasteiger partial charge in [0.25, 0.3) is 0 Å². The maximum absolute atomic E-state index is 5.78. The zero-order chi connectivity index (χ0) is 14.4. The lowest BCUT2D eigenvalue weighted by molar-refractivity contribution is 0.271. The van der Waals surface area contributed by atoms with E-state index in [-0.39, 0.29) is 0 Å². The fourth-order valence-corrected chi connectivity index (χ4v) is 3.15. The van der Waals surface area contributed by atoms with Gasteiger partial charge in [-0.2, -0.15) is 0 Å². The first-order valence-corrected chi connectivity index (χ1v) is 8.10. The number of nitrogens with one attached hydrogen (secondary N) is 1. The van der Waals surface area contributed by atoms with E-state index in [1.807, 2.05) is 0 Å². The van der Waals surface area contributed by atoms with Crippen LogP contribution in [0.2, 0.25) is 0 Å². The second-order valence-corrected chi connectivity index (χ2v) is 6.50. The van der Waals surface area contributed by atoms with Crippen molar-refractivity contribution in [1.29, 1.82) is 0 Å². The second-order valence-electron chi connectivity index (χ2n) is 6.50. The molecule has 1 aliphatic rings. The lowest BCUT2D eigenvalue weighted by Crippen LogP contribution is -2.35. The van der Waals surface area contributed by atoms with Gasteiger partial charge in [-0.05, 0) is 43.0 Å². The Morgan fingerprint density at radius 2 is 1.80 bits per heavy atom. The third kappa shape index (κ3) is 3.76. The lowest BCUT2D eigenvalue weighted by Gasteiger charge is -2.30. The quantitative estimate of drug-likeness (QED) is 0.807. The highest BCUT2D eigenvalue weighted by molar-refractivity contribution is 5.33. The van der Waals surface area contributed by atoms with Gasteiger partial charge >= 0.3 is 0 Å². The van der Waals surface area contributed by atoms with Gasteiger partial charge in [0.05, 0.1) is 6.61 Å². The summed E-state index contributed by atoms with van der Waals surface area (Å²) in [5.74, 6) is 1.57. The topological polar surface area (TPSA) is 21.3 Å². The summed E-state index contributed by atoms with van der Waals surface area (Å²) in [5, 5.41) is 3.55. The molecular weight excluding hydrogens is 246 g/mol. The molecule has 1 aromatic rings. The van der Waals surface area contributed by atoms with Crippen molar-refractivity contribution >= 4 is 0 Å². The molecule has 0 heterocycles. The highest BCUT2D eigenvalue weighted by atomic mass is 16.5. The van der Waals surface area contributed by atoms with Crippen LogP contribution in [0.3, 0.4) is 0 Å². The summed E-state index contributed by atoms with van der Waals surface area (Å²) < 4.78 is 5.78. The molecule has 1 saturated carbocycles. The number of hydrogen-bond acceptors (Lipinski definition) is 2. The van der Waals surface area contributed by atoms with Gasteiger partial charge in [-0.3, -0.25) is 0 Å². The molecule has 0 atom stereocenters. The van der Waals surface area contributed by atoms with Gasteiger partial charge < -0.3 is 10.1 Å². The first kappa shape index (κ1) is 15.4. The number of benzene rings is 1. The molecule has 1 fully saturated rings. The lowest BCUT2D eigenvalue weighted by atomic mass is 9.79. The van der Waals surface area contributed by atoms with Crippen LogP contribution in [0.5, 0.6) is 5.75 Å². The molecular formula is C18H29NO. The predicted octanol–water partition coefficient (Wildman–Crippen LogP) is 4.14. The van der Waals surface area contributed by atoms with E-state index in [0.29, 0.717) is 11.3 Å². The first-order chi connectivity index (χ1) is 9.66.